The van der Waals surface area contributed by atoms with Gasteiger partial charge in [-0.3, -0.25) is 4.79 Å². The molecule has 2 aromatic rings. The second kappa shape index (κ2) is 5.98. The van der Waals surface area contributed by atoms with E-state index in [4.69, 9.17) is 5.73 Å². The summed E-state index contributed by atoms with van der Waals surface area (Å²) in [4.78, 5) is 11.6. The Morgan fingerprint density at radius 3 is 2.84 bits per heavy atom. The van der Waals surface area contributed by atoms with E-state index in [-0.39, 0.29) is 17.9 Å². The molecule has 1 aromatic heterocycles. The lowest BCUT2D eigenvalue weighted by atomic mass is 10.1. The van der Waals surface area contributed by atoms with Crippen molar-refractivity contribution >= 4 is 0 Å². The molecule has 19 heavy (non-hydrogen) atoms. The molecule has 1 aromatic carbocycles. The van der Waals surface area contributed by atoms with Crippen LogP contribution >= 0.6 is 0 Å². The average molecular weight is 256 g/mol. The Kier molecular flexibility index (Phi) is 4.11. The van der Waals surface area contributed by atoms with E-state index < -0.39 is 0 Å². The highest BCUT2D eigenvalue weighted by Gasteiger charge is 2.04. The van der Waals surface area contributed by atoms with Crippen LogP contribution in [0.25, 0.3) is 0 Å². The average Bonchev–Trinajstić information content (AvgIpc) is 2.41. The summed E-state index contributed by atoms with van der Waals surface area (Å²) < 4.78 is 14.8. The maximum atomic E-state index is 13.2. The summed E-state index contributed by atoms with van der Waals surface area (Å²) in [5, 5.41) is 0. The molecular formula is C15H13FN2O. The summed E-state index contributed by atoms with van der Waals surface area (Å²) in [5.74, 6) is 5.16. The molecule has 0 saturated carbocycles. The largest absolute Gasteiger partial charge is 0.320 e. The molecule has 0 atom stereocenters. The van der Waals surface area contributed by atoms with Crippen LogP contribution in [0.2, 0.25) is 0 Å². The molecule has 0 amide bonds. The predicted octanol–water partition coefficient (Wildman–Crippen LogP) is 1.35. The zero-order valence-electron chi connectivity index (χ0n) is 10.3. The second-order valence-electron chi connectivity index (χ2n) is 3.97. The molecule has 1 heterocycles. The summed E-state index contributed by atoms with van der Waals surface area (Å²) in [6.07, 6.45) is 1.69. The Morgan fingerprint density at radius 2 is 2.11 bits per heavy atom. The lowest BCUT2D eigenvalue weighted by molar-refractivity contribution is 0.625. The van der Waals surface area contributed by atoms with Crippen LogP contribution in [0.3, 0.4) is 0 Å². The topological polar surface area (TPSA) is 48.0 Å². The minimum atomic E-state index is -0.356. The number of hydrogen-bond acceptors (Lipinski definition) is 2. The van der Waals surface area contributed by atoms with Gasteiger partial charge in [-0.15, -0.1) is 0 Å². The zero-order valence-corrected chi connectivity index (χ0v) is 10.3. The first kappa shape index (κ1) is 13.1. The van der Waals surface area contributed by atoms with Gasteiger partial charge in [0.15, 0.2) is 0 Å². The number of pyridine rings is 1. The highest BCUT2D eigenvalue weighted by Crippen LogP contribution is 2.11. The third-order valence-electron chi connectivity index (χ3n) is 2.64. The molecular weight excluding hydrogens is 243 g/mol. The lowest BCUT2D eigenvalue weighted by Gasteiger charge is -2.07. The molecule has 0 bridgehead atoms. The van der Waals surface area contributed by atoms with Gasteiger partial charge in [0, 0.05) is 17.8 Å². The minimum absolute atomic E-state index is 0.107. The standard InChI is InChI=1S/C15H13FN2O/c16-14-7-6-13(12(10-14)4-3-8-17)11-18-9-2-1-5-15(18)19/h1-2,5-7,9-10H,8,11,17H2. The van der Waals surface area contributed by atoms with Crippen molar-refractivity contribution in [3.63, 3.8) is 0 Å². The quantitative estimate of drug-likeness (QED) is 0.824. The number of nitrogens with two attached hydrogens (primary N) is 1. The van der Waals surface area contributed by atoms with Crippen molar-refractivity contribution in [2.24, 2.45) is 5.73 Å². The smallest absolute Gasteiger partial charge is 0.250 e. The summed E-state index contributed by atoms with van der Waals surface area (Å²) in [5.41, 5.74) is 6.56. The second-order valence-corrected chi connectivity index (χ2v) is 3.97. The van der Waals surface area contributed by atoms with Crippen molar-refractivity contribution in [1.82, 2.24) is 4.57 Å². The molecule has 4 heteroatoms. The SMILES string of the molecule is NCC#Cc1cc(F)ccc1Cn1ccccc1=O. The van der Waals surface area contributed by atoms with E-state index in [0.717, 1.165) is 5.56 Å². The van der Waals surface area contributed by atoms with Gasteiger partial charge in [-0.2, -0.15) is 0 Å². The van der Waals surface area contributed by atoms with Crippen molar-refractivity contribution in [2.45, 2.75) is 6.54 Å². The number of nitrogens with zero attached hydrogens (tertiary/aromatic N) is 1. The Bertz CT molecular complexity index is 695. The first-order valence-corrected chi connectivity index (χ1v) is 5.83. The molecule has 0 aliphatic carbocycles. The monoisotopic (exact) mass is 256 g/mol. The molecule has 2 rings (SSSR count). The molecule has 0 spiro atoms. The molecule has 0 saturated heterocycles. The first-order valence-electron chi connectivity index (χ1n) is 5.83. The van der Waals surface area contributed by atoms with Crippen LogP contribution < -0.4 is 11.3 Å². The van der Waals surface area contributed by atoms with Gasteiger partial charge in [-0.25, -0.2) is 4.39 Å². The predicted molar refractivity (Wildman–Crippen MR) is 72.1 cm³/mol. The maximum absolute atomic E-state index is 13.2. The summed E-state index contributed by atoms with van der Waals surface area (Å²) in [6.45, 7) is 0.565. The van der Waals surface area contributed by atoms with E-state index in [2.05, 4.69) is 11.8 Å². The van der Waals surface area contributed by atoms with Gasteiger partial charge in [0.2, 0.25) is 0 Å². The fourth-order valence-corrected chi connectivity index (χ4v) is 1.72. The van der Waals surface area contributed by atoms with Crippen LogP contribution in [0.1, 0.15) is 11.1 Å². The van der Waals surface area contributed by atoms with E-state index in [0.29, 0.717) is 12.1 Å². The van der Waals surface area contributed by atoms with E-state index in [1.807, 2.05) is 0 Å². The Hall–Kier alpha value is -2.38. The molecule has 0 aliphatic rings. The van der Waals surface area contributed by atoms with Gasteiger partial charge in [0.1, 0.15) is 5.82 Å². The van der Waals surface area contributed by atoms with Crippen LogP contribution in [-0.2, 0) is 6.54 Å². The first-order chi connectivity index (χ1) is 9.20. The van der Waals surface area contributed by atoms with Gasteiger partial charge in [-0.05, 0) is 23.8 Å². The number of hydrogen-bond donors (Lipinski definition) is 1. The number of rotatable bonds is 2. The number of halogens is 1. The third-order valence-corrected chi connectivity index (χ3v) is 2.64. The molecule has 0 radical (unpaired) electrons. The Balaban J connectivity index is 2.40. The van der Waals surface area contributed by atoms with Crippen molar-refractivity contribution in [3.8, 4) is 11.8 Å². The van der Waals surface area contributed by atoms with E-state index in [1.165, 1.54) is 18.2 Å². The molecule has 0 aliphatic heterocycles. The highest BCUT2D eigenvalue weighted by molar-refractivity contribution is 5.42. The number of aromatic nitrogens is 1. The lowest BCUT2D eigenvalue weighted by Crippen LogP contribution is -2.18. The van der Waals surface area contributed by atoms with Gasteiger partial charge < -0.3 is 10.3 Å². The number of benzene rings is 1. The van der Waals surface area contributed by atoms with Crippen molar-refractivity contribution in [3.05, 3.63) is 69.9 Å². The maximum Gasteiger partial charge on any atom is 0.250 e. The van der Waals surface area contributed by atoms with Crippen LogP contribution in [0.5, 0.6) is 0 Å². The summed E-state index contributed by atoms with van der Waals surface area (Å²) in [6, 6.07) is 9.28. The molecule has 2 N–H and O–H groups in total. The van der Waals surface area contributed by atoms with E-state index in [1.54, 1.807) is 29.0 Å². The van der Waals surface area contributed by atoms with Crippen molar-refractivity contribution in [2.75, 3.05) is 6.54 Å². The molecule has 3 nitrogen and oxygen atoms in total. The minimum Gasteiger partial charge on any atom is -0.320 e. The normalized spacial score (nSPS) is 9.79. The molecule has 96 valence electrons. The van der Waals surface area contributed by atoms with Crippen molar-refractivity contribution < 1.29 is 4.39 Å². The van der Waals surface area contributed by atoms with Gasteiger partial charge >= 0.3 is 0 Å². The fraction of sp³-hybridized carbons (Fsp3) is 0.133. The van der Waals surface area contributed by atoms with Gasteiger partial charge in [0.25, 0.3) is 5.56 Å². The molecule has 0 unspecified atom stereocenters. The third kappa shape index (κ3) is 3.30. The Morgan fingerprint density at radius 1 is 1.26 bits per heavy atom. The summed E-state index contributed by atoms with van der Waals surface area (Å²) >= 11 is 0. The Labute approximate surface area is 110 Å². The van der Waals surface area contributed by atoms with E-state index in [9.17, 15) is 9.18 Å². The highest BCUT2D eigenvalue weighted by atomic mass is 19.1. The van der Waals surface area contributed by atoms with Crippen LogP contribution in [0, 0.1) is 17.7 Å². The fourth-order valence-electron chi connectivity index (χ4n) is 1.72. The van der Waals surface area contributed by atoms with Crippen molar-refractivity contribution in [1.29, 1.82) is 0 Å². The zero-order chi connectivity index (χ0) is 13.7. The van der Waals surface area contributed by atoms with Crippen LogP contribution in [-0.4, -0.2) is 11.1 Å². The molecule has 0 fully saturated rings. The van der Waals surface area contributed by atoms with Crippen LogP contribution in [0.15, 0.2) is 47.4 Å². The van der Waals surface area contributed by atoms with Crippen LogP contribution in [0.4, 0.5) is 4.39 Å². The van der Waals surface area contributed by atoms with Gasteiger partial charge in [0.05, 0.1) is 13.1 Å². The summed E-state index contributed by atoms with van der Waals surface area (Å²) in [7, 11) is 0. The van der Waals surface area contributed by atoms with Gasteiger partial charge in [-0.1, -0.05) is 24.0 Å². The van der Waals surface area contributed by atoms with E-state index >= 15 is 0 Å².